The molecule has 0 aliphatic heterocycles. The summed E-state index contributed by atoms with van der Waals surface area (Å²) in [6.45, 7) is 1.84. The number of aromatic hydroxyl groups is 2. The van der Waals surface area contributed by atoms with Crippen LogP contribution in [0.2, 0.25) is 0 Å². The molecule has 0 atom stereocenters. The van der Waals surface area contributed by atoms with Crippen LogP contribution in [0.15, 0.2) is 70.5 Å². The van der Waals surface area contributed by atoms with Gasteiger partial charge in [-0.3, -0.25) is 0 Å². The maximum absolute atomic E-state index is 12.6. The first-order valence-corrected chi connectivity index (χ1v) is 16.5. The van der Waals surface area contributed by atoms with Crippen molar-refractivity contribution < 1.29 is 43.8 Å². The Balaban J connectivity index is 1.28. The van der Waals surface area contributed by atoms with Crippen molar-refractivity contribution >= 4 is 30.1 Å². The van der Waals surface area contributed by atoms with Crippen LogP contribution in [0, 0.1) is 13.8 Å². The normalized spacial score (nSPS) is 12.5. The number of hydrogen-bond acceptors (Lipinski definition) is 12. The molecule has 2 heterocycles. The first-order chi connectivity index (χ1) is 19.2. The van der Waals surface area contributed by atoms with Crippen LogP contribution < -0.4 is 0 Å². The van der Waals surface area contributed by atoms with Crippen molar-refractivity contribution in [1.82, 2.24) is 19.6 Å². The standard InChI is InChI=1S/C24H26N4O10S3/c1-17-15-23(29)27(25-17)19-3-7-21(8-4-19)39(31,32)13-11-37-41(35,36)38-12-14-40(33,34)22-9-5-20(6-10-22)28-24(30)16-18(2)26-28/h3-10,15-16,29-30H,11-14H2,1-2H3. The lowest BCUT2D eigenvalue weighted by Gasteiger charge is -2.09. The Morgan fingerprint density at radius 1 is 0.634 bits per heavy atom. The van der Waals surface area contributed by atoms with Crippen molar-refractivity contribution in [3.63, 3.8) is 0 Å². The van der Waals surface area contributed by atoms with E-state index in [0.717, 1.165) is 0 Å². The third-order valence-corrected chi connectivity index (χ3v) is 9.97. The summed E-state index contributed by atoms with van der Waals surface area (Å²) in [6.07, 6.45) is 0. The van der Waals surface area contributed by atoms with Gasteiger partial charge in [0.1, 0.15) is 0 Å². The largest absolute Gasteiger partial charge is 0.493 e. The van der Waals surface area contributed by atoms with Gasteiger partial charge >= 0.3 is 10.4 Å². The SMILES string of the molecule is Cc1cc(O)n(-c2ccc(S(=O)(=O)CCOS(=O)(=O)OCCS(=O)(=O)c3ccc(-n4nc(C)cc4O)cc3)cc2)n1. The molecule has 17 heteroatoms. The van der Waals surface area contributed by atoms with Gasteiger partial charge in [0.05, 0.1) is 57.3 Å². The van der Waals surface area contributed by atoms with Gasteiger partial charge in [-0.25, -0.2) is 34.6 Å². The first kappa shape index (κ1) is 30.2. The van der Waals surface area contributed by atoms with Crippen LogP contribution in [-0.2, 0) is 38.4 Å². The molecule has 0 aliphatic carbocycles. The molecule has 0 amide bonds. The van der Waals surface area contributed by atoms with Gasteiger partial charge in [-0.1, -0.05) is 0 Å². The highest BCUT2D eigenvalue weighted by Gasteiger charge is 2.21. The van der Waals surface area contributed by atoms with E-state index in [9.17, 15) is 35.5 Å². The number of benzene rings is 2. The number of rotatable bonds is 12. The van der Waals surface area contributed by atoms with Gasteiger partial charge in [0.25, 0.3) is 0 Å². The minimum atomic E-state index is -4.69. The van der Waals surface area contributed by atoms with E-state index in [-0.39, 0.29) is 21.6 Å². The minimum Gasteiger partial charge on any atom is -0.493 e. The fraction of sp³-hybridized carbons (Fsp3) is 0.250. The summed E-state index contributed by atoms with van der Waals surface area (Å²) < 4.78 is 86.1. The summed E-state index contributed by atoms with van der Waals surface area (Å²) in [5, 5.41) is 27.9. The third kappa shape index (κ3) is 7.31. The van der Waals surface area contributed by atoms with E-state index in [4.69, 9.17) is 0 Å². The summed E-state index contributed by atoms with van der Waals surface area (Å²) >= 11 is 0. The smallest absolute Gasteiger partial charge is 0.399 e. The monoisotopic (exact) mass is 626 g/mol. The zero-order chi connectivity index (χ0) is 30.0. The molecule has 4 rings (SSSR count). The van der Waals surface area contributed by atoms with Gasteiger partial charge in [0, 0.05) is 12.1 Å². The molecular weight excluding hydrogens is 600 g/mol. The highest BCUT2D eigenvalue weighted by molar-refractivity contribution is 7.91. The Bertz CT molecular complexity index is 1730. The predicted octanol–water partition coefficient (Wildman–Crippen LogP) is 1.61. The Morgan fingerprint density at radius 2 is 0.976 bits per heavy atom. The average molecular weight is 627 g/mol. The van der Waals surface area contributed by atoms with Crippen molar-refractivity contribution in [3.05, 3.63) is 72.1 Å². The molecule has 2 aromatic heterocycles. The van der Waals surface area contributed by atoms with E-state index in [1.165, 1.54) is 70.0 Å². The van der Waals surface area contributed by atoms with Crippen molar-refractivity contribution in [1.29, 1.82) is 0 Å². The van der Waals surface area contributed by atoms with Crippen molar-refractivity contribution in [2.45, 2.75) is 23.6 Å². The van der Waals surface area contributed by atoms with Crippen LogP contribution in [0.1, 0.15) is 11.4 Å². The lowest BCUT2D eigenvalue weighted by atomic mass is 10.3. The molecule has 0 unspecified atom stereocenters. The fourth-order valence-electron chi connectivity index (χ4n) is 3.70. The number of sulfone groups is 2. The number of aryl methyl sites for hydroxylation is 2. The van der Waals surface area contributed by atoms with Gasteiger partial charge < -0.3 is 10.2 Å². The molecule has 41 heavy (non-hydrogen) atoms. The van der Waals surface area contributed by atoms with Gasteiger partial charge in [-0.15, -0.1) is 0 Å². The molecule has 4 aromatic rings. The van der Waals surface area contributed by atoms with Gasteiger partial charge in [-0.2, -0.15) is 18.6 Å². The van der Waals surface area contributed by atoms with E-state index >= 15 is 0 Å². The molecule has 0 aliphatic rings. The van der Waals surface area contributed by atoms with Crippen molar-refractivity contribution in [2.75, 3.05) is 24.7 Å². The van der Waals surface area contributed by atoms with E-state index in [2.05, 4.69) is 18.6 Å². The third-order valence-electron chi connectivity index (χ3n) is 5.67. The van der Waals surface area contributed by atoms with Crippen molar-refractivity contribution in [2.24, 2.45) is 0 Å². The van der Waals surface area contributed by atoms with Gasteiger partial charge in [0.15, 0.2) is 19.7 Å². The lowest BCUT2D eigenvalue weighted by Crippen LogP contribution is -2.20. The number of aromatic nitrogens is 4. The highest BCUT2D eigenvalue weighted by atomic mass is 32.3. The van der Waals surface area contributed by atoms with Crippen LogP contribution >= 0.6 is 0 Å². The van der Waals surface area contributed by atoms with E-state index < -0.39 is 54.8 Å². The molecule has 220 valence electrons. The van der Waals surface area contributed by atoms with Crippen LogP contribution in [0.4, 0.5) is 0 Å². The molecule has 0 spiro atoms. The molecule has 0 saturated carbocycles. The summed E-state index contributed by atoms with van der Waals surface area (Å²) in [7, 11) is -12.6. The average Bonchev–Trinajstić information content (AvgIpc) is 3.42. The quantitative estimate of drug-likeness (QED) is 0.231. The van der Waals surface area contributed by atoms with Crippen LogP contribution in [0.5, 0.6) is 11.8 Å². The second-order valence-corrected chi connectivity index (χ2v) is 14.3. The van der Waals surface area contributed by atoms with E-state index in [1.54, 1.807) is 13.8 Å². The van der Waals surface area contributed by atoms with Crippen LogP contribution in [0.3, 0.4) is 0 Å². The minimum absolute atomic E-state index is 0.110. The van der Waals surface area contributed by atoms with E-state index in [1.807, 2.05) is 0 Å². The first-order valence-electron chi connectivity index (χ1n) is 11.9. The molecule has 2 aromatic carbocycles. The number of hydrogen-bond donors (Lipinski definition) is 2. The maximum atomic E-state index is 12.6. The zero-order valence-electron chi connectivity index (χ0n) is 21.8. The molecular formula is C24H26N4O10S3. The lowest BCUT2D eigenvalue weighted by molar-refractivity contribution is 0.232. The number of nitrogens with zero attached hydrogens (tertiary/aromatic N) is 4. The topological polar surface area (TPSA) is 197 Å². The highest BCUT2D eigenvalue weighted by Crippen LogP contribution is 2.22. The maximum Gasteiger partial charge on any atom is 0.399 e. The molecule has 14 nitrogen and oxygen atoms in total. The Hall–Kier alpha value is -3.77. The second-order valence-electron chi connectivity index (χ2n) is 8.79. The van der Waals surface area contributed by atoms with Crippen LogP contribution in [0.25, 0.3) is 11.4 Å². The zero-order valence-corrected chi connectivity index (χ0v) is 24.2. The molecule has 0 radical (unpaired) electrons. The van der Waals surface area contributed by atoms with Gasteiger partial charge in [0.2, 0.25) is 11.8 Å². The molecule has 2 N–H and O–H groups in total. The summed E-state index contributed by atoms with van der Waals surface area (Å²) in [4.78, 5) is -0.219. The Morgan fingerprint density at radius 3 is 1.27 bits per heavy atom. The molecule has 0 bridgehead atoms. The predicted molar refractivity (Wildman–Crippen MR) is 145 cm³/mol. The van der Waals surface area contributed by atoms with Gasteiger partial charge in [-0.05, 0) is 62.4 Å². The summed E-state index contributed by atoms with van der Waals surface area (Å²) in [5.41, 5.74) is 1.96. The molecule has 0 saturated heterocycles. The van der Waals surface area contributed by atoms with Crippen molar-refractivity contribution in [3.8, 4) is 23.1 Å². The Kier molecular flexibility index (Phi) is 8.55. The Labute approximate surface area is 236 Å². The summed E-state index contributed by atoms with van der Waals surface area (Å²) in [6, 6.07) is 13.7. The second kappa shape index (κ2) is 11.6. The van der Waals surface area contributed by atoms with E-state index in [0.29, 0.717) is 22.8 Å². The summed E-state index contributed by atoms with van der Waals surface area (Å²) in [5.74, 6) is -1.64. The van der Waals surface area contributed by atoms with Crippen LogP contribution in [-0.4, -0.2) is 79.7 Å². The fourth-order valence-corrected chi connectivity index (χ4v) is 6.73. The molecule has 0 fully saturated rings.